The lowest BCUT2D eigenvalue weighted by Gasteiger charge is -2.36. The predicted molar refractivity (Wildman–Crippen MR) is 94.1 cm³/mol. The van der Waals surface area contributed by atoms with Gasteiger partial charge in [0.1, 0.15) is 6.10 Å². The van der Waals surface area contributed by atoms with Crippen LogP contribution in [-0.2, 0) is 9.53 Å². The zero-order valence-corrected chi connectivity index (χ0v) is 15.6. The van der Waals surface area contributed by atoms with Gasteiger partial charge in [-0.15, -0.1) is 10.2 Å². The maximum atomic E-state index is 12.3. The normalized spacial score (nSPS) is 27.4. The second kappa shape index (κ2) is 7.33. The molecule has 134 valence electrons. The molecule has 7 heteroatoms. The summed E-state index contributed by atoms with van der Waals surface area (Å²) in [5.41, 5.74) is 0. The average Bonchev–Trinajstić information content (AvgIpc) is 3.29. The molecule has 2 N–H and O–H groups in total. The Balaban J connectivity index is 1.53. The monoisotopic (exact) mass is 352 g/mol. The number of hydrogen-bond donors (Lipinski definition) is 1. The van der Waals surface area contributed by atoms with Crippen molar-refractivity contribution < 1.29 is 9.53 Å². The molecule has 0 saturated heterocycles. The average molecular weight is 353 g/mol. The Morgan fingerprint density at radius 2 is 2.08 bits per heavy atom. The third-order valence-corrected chi connectivity index (χ3v) is 6.11. The molecule has 0 aromatic carbocycles. The quantitative estimate of drug-likeness (QED) is 0.481. The van der Waals surface area contributed by atoms with Gasteiger partial charge in [0.15, 0.2) is 5.82 Å². The second-order valence-electron chi connectivity index (χ2n) is 7.63. The van der Waals surface area contributed by atoms with Gasteiger partial charge in [0.2, 0.25) is 5.16 Å². The van der Waals surface area contributed by atoms with E-state index in [2.05, 4.69) is 31.0 Å². The molecule has 0 amide bonds. The lowest BCUT2D eigenvalue weighted by Crippen LogP contribution is -2.36. The summed E-state index contributed by atoms with van der Waals surface area (Å²) in [6.07, 6.45) is 5.63. The number of thioether (sulfide) groups is 1. The summed E-state index contributed by atoms with van der Waals surface area (Å²) in [4.78, 5) is 12.3. The summed E-state index contributed by atoms with van der Waals surface area (Å²) in [5.74, 6) is 8.96. The lowest BCUT2D eigenvalue weighted by atomic mass is 9.75. The number of carbonyl (C=O) groups excluding carboxylic acids is 1. The van der Waals surface area contributed by atoms with Gasteiger partial charge in [-0.1, -0.05) is 39.0 Å². The van der Waals surface area contributed by atoms with Crippen LogP contribution in [0, 0.1) is 17.8 Å². The van der Waals surface area contributed by atoms with E-state index in [0.29, 0.717) is 28.8 Å². The van der Waals surface area contributed by atoms with E-state index in [4.69, 9.17) is 10.6 Å². The standard InChI is InChI=1S/C17H28N4O2S/c1-10(2)13-7-4-11(3)8-14(13)23-15(22)9-24-17-20-19-16(21(17)18)12-5-6-12/h10-14H,4-9,18H2,1-3H3. The summed E-state index contributed by atoms with van der Waals surface area (Å²) in [5, 5.41) is 8.81. The van der Waals surface area contributed by atoms with Crippen molar-refractivity contribution in [2.75, 3.05) is 11.6 Å². The van der Waals surface area contributed by atoms with Crippen molar-refractivity contribution in [3.63, 3.8) is 0 Å². The van der Waals surface area contributed by atoms with Gasteiger partial charge in [-0.25, -0.2) is 4.68 Å². The van der Waals surface area contributed by atoms with Gasteiger partial charge in [-0.05, 0) is 43.4 Å². The zero-order chi connectivity index (χ0) is 17.3. The van der Waals surface area contributed by atoms with Crippen molar-refractivity contribution in [1.29, 1.82) is 0 Å². The van der Waals surface area contributed by atoms with Crippen LogP contribution in [0.5, 0.6) is 0 Å². The van der Waals surface area contributed by atoms with E-state index in [1.807, 2.05) is 0 Å². The van der Waals surface area contributed by atoms with Gasteiger partial charge in [-0.2, -0.15) is 0 Å². The molecule has 0 bridgehead atoms. The molecule has 2 aliphatic rings. The van der Waals surface area contributed by atoms with E-state index < -0.39 is 0 Å². The van der Waals surface area contributed by atoms with Gasteiger partial charge in [0.05, 0.1) is 5.75 Å². The molecule has 3 atom stereocenters. The molecule has 6 nitrogen and oxygen atoms in total. The Bertz CT molecular complexity index is 585. The van der Waals surface area contributed by atoms with Crippen molar-refractivity contribution in [3.05, 3.63) is 5.82 Å². The molecule has 1 heterocycles. The number of carbonyl (C=O) groups is 1. The predicted octanol–water partition coefficient (Wildman–Crippen LogP) is 2.97. The van der Waals surface area contributed by atoms with Crippen molar-refractivity contribution >= 4 is 17.7 Å². The zero-order valence-electron chi connectivity index (χ0n) is 14.8. The summed E-state index contributed by atoms with van der Waals surface area (Å²) in [6.45, 7) is 6.67. The molecular formula is C17H28N4O2S. The Kier molecular flexibility index (Phi) is 5.37. The maximum absolute atomic E-state index is 12.3. The van der Waals surface area contributed by atoms with Crippen LogP contribution in [-0.4, -0.2) is 32.7 Å². The van der Waals surface area contributed by atoms with Gasteiger partial charge in [-0.3, -0.25) is 4.79 Å². The number of aromatic nitrogens is 3. The van der Waals surface area contributed by atoms with Gasteiger partial charge in [0.25, 0.3) is 0 Å². The minimum atomic E-state index is -0.180. The highest BCUT2D eigenvalue weighted by Gasteiger charge is 2.34. The largest absolute Gasteiger partial charge is 0.461 e. The number of ether oxygens (including phenoxy) is 1. The minimum absolute atomic E-state index is 0.0413. The fourth-order valence-corrected chi connectivity index (χ4v) is 4.23. The molecule has 2 fully saturated rings. The second-order valence-corrected chi connectivity index (χ2v) is 8.57. The minimum Gasteiger partial charge on any atom is -0.461 e. The SMILES string of the molecule is CC1CCC(C(C)C)C(OC(=O)CSc2nnc(C3CC3)n2N)C1. The van der Waals surface area contributed by atoms with Crippen LogP contribution >= 0.6 is 11.8 Å². The van der Waals surface area contributed by atoms with Crippen LogP contribution in [0.3, 0.4) is 0 Å². The first-order valence-electron chi connectivity index (χ1n) is 8.98. The first kappa shape index (κ1) is 17.6. The van der Waals surface area contributed by atoms with Crippen LogP contribution in [0.2, 0.25) is 0 Å². The first-order chi connectivity index (χ1) is 11.5. The molecule has 24 heavy (non-hydrogen) atoms. The highest BCUT2D eigenvalue weighted by atomic mass is 32.2. The summed E-state index contributed by atoms with van der Waals surface area (Å²) < 4.78 is 7.33. The highest BCUT2D eigenvalue weighted by Crippen LogP contribution is 2.39. The molecule has 3 unspecified atom stereocenters. The molecule has 0 aliphatic heterocycles. The smallest absolute Gasteiger partial charge is 0.316 e. The topological polar surface area (TPSA) is 83.0 Å². The number of nitrogens with two attached hydrogens (primary N) is 1. The van der Waals surface area contributed by atoms with E-state index >= 15 is 0 Å². The molecule has 0 radical (unpaired) electrons. The third-order valence-electron chi connectivity index (χ3n) is 5.20. The number of nitrogens with zero attached hydrogens (tertiary/aromatic N) is 3. The lowest BCUT2D eigenvalue weighted by molar-refractivity contribution is -0.152. The number of rotatable bonds is 6. The first-order valence-corrected chi connectivity index (χ1v) is 9.97. The van der Waals surface area contributed by atoms with Gasteiger partial charge >= 0.3 is 5.97 Å². The third kappa shape index (κ3) is 4.05. The molecule has 1 aromatic heterocycles. The van der Waals surface area contributed by atoms with Crippen molar-refractivity contribution in [3.8, 4) is 0 Å². The Hall–Kier alpha value is -1.24. The molecule has 3 rings (SSSR count). The van der Waals surface area contributed by atoms with Crippen LogP contribution in [0.25, 0.3) is 0 Å². The molecule has 2 saturated carbocycles. The van der Waals surface area contributed by atoms with E-state index in [-0.39, 0.29) is 17.8 Å². The van der Waals surface area contributed by atoms with E-state index in [9.17, 15) is 4.79 Å². The number of nitrogen functional groups attached to an aromatic ring is 1. The van der Waals surface area contributed by atoms with Crippen molar-refractivity contribution in [2.45, 2.75) is 70.1 Å². The van der Waals surface area contributed by atoms with E-state index in [0.717, 1.165) is 31.5 Å². The molecule has 1 aromatic rings. The molecule has 2 aliphatic carbocycles. The maximum Gasteiger partial charge on any atom is 0.316 e. The number of hydrogen-bond acceptors (Lipinski definition) is 6. The van der Waals surface area contributed by atoms with Gasteiger partial charge < -0.3 is 10.6 Å². The summed E-state index contributed by atoms with van der Waals surface area (Å²) in [7, 11) is 0. The fraction of sp³-hybridized carbons (Fsp3) is 0.824. The van der Waals surface area contributed by atoms with E-state index in [1.165, 1.54) is 22.9 Å². The Morgan fingerprint density at radius 3 is 2.75 bits per heavy atom. The molecular weight excluding hydrogens is 324 g/mol. The fourth-order valence-electron chi connectivity index (χ4n) is 3.58. The van der Waals surface area contributed by atoms with Crippen LogP contribution in [0.1, 0.15) is 64.6 Å². The van der Waals surface area contributed by atoms with E-state index in [1.54, 1.807) is 0 Å². The van der Waals surface area contributed by atoms with Crippen molar-refractivity contribution in [2.24, 2.45) is 17.8 Å². The Morgan fingerprint density at radius 1 is 1.33 bits per heavy atom. The van der Waals surface area contributed by atoms with Crippen LogP contribution in [0.4, 0.5) is 0 Å². The molecule has 0 spiro atoms. The highest BCUT2D eigenvalue weighted by molar-refractivity contribution is 7.99. The summed E-state index contributed by atoms with van der Waals surface area (Å²) >= 11 is 1.31. The number of esters is 1. The Labute approximate surface area is 147 Å². The van der Waals surface area contributed by atoms with Crippen LogP contribution in [0.15, 0.2) is 5.16 Å². The van der Waals surface area contributed by atoms with Crippen molar-refractivity contribution in [1.82, 2.24) is 14.9 Å². The van der Waals surface area contributed by atoms with Crippen LogP contribution < -0.4 is 5.84 Å². The summed E-state index contributed by atoms with van der Waals surface area (Å²) in [6, 6.07) is 0. The van der Waals surface area contributed by atoms with Gasteiger partial charge in [0, 0.05) is 5.92 Å².